The number of hydrogen-bond acceptors (Lipinski definition) is 3. The second kappa shape index (κ2) is 3.37. The van der Waals surface area contributed by atoms with Crippen molar-refractivity contribution in [2.45, 2.75) is 19.9 Å². The summed E-state index contributed by atoms with van der Waals surface area (Å²) in [6, 6.07) is 0.180. The zero-order valence-corrected chi connectivity index (χ0v) is 9.23. The highest BCUT2D eigenvalue weighted by Gasteiger charge is 2.29. The highest BCUT2D eigenvalue weighted by Crippen LogP contribution is 2.23. The van der Waals surface area contributed by atoms with Crippen LogP contribution in [0, 0.1) is 13.8 Å². The molecular weight excluding hydrogens is 196 g/mol. The van der Waals surface area contributed by atoms with Crippen LogP contribution in [0.2, 0.25) is 0 Å². The predicted octanol–water partition coefficient (Wildman–Crippen LogP) is 1.15. The molecule has 0 unspecified atom stereocenters. The highest BCUT2D eigenvalue weighted by molar-refractivity contribution is 7.10. The van der Waals surface area contributed by atoms with E-state index in [1.807, 2.05) is 19.2 Å². The maximum absolute atomic E-state index is 11.9. The zero-order chi connectivity index (χ0) is 10.3. The number of carbonyl (C=O) groups is 1. The van der Waals surface area contributed by atoms with Crippen LogP contribution in [0.15, 0.2) is 5.38 Å². The Bertz CT molecular complexity index is 366. The van der Waals surface area contributed by atoms with Gasteiger partial charge in [0.25, 0.3) is 5.91 Å². The van der Waals surface area contributed by atoms with Crippen LogP contribution in [0.3, 0.4) is 0 Å². The third-order valence-electron chi connectivity index (χ3n) is 2.71. The first-order valence-corrected chi connectivity index (χ1v) is 5.57. The molecule has 1 aromatic heterocycles. The van der Waals surface area contributed by atoms with E-state index in [1.165, 1.54) is 4.88 Å². The topological polar surface area (TPSA) is 46.3 Å². The van der Waals surface area contributed by atoms with Gasteiger partial charge in [0, 0.05) is 29.4 Å². The Morgan fingerprint density at radius 2 is 2.21 bits per heavy atom. The molecule has 76 valence electrons. The fourth-order valence-corrected chi connectivity index (χ4v) is 2.43. The van der Waals surface area contributed by atoms with Crippen molar-refractivity contribution in [2.75, 3.05) is 13.1 Å². The number of carbonyl (C=O) groups excluding carboxylic acids is 1. The lowest BCUT2D eigenvalue weighted by Crippen LogP contribution is -2.57. The van der Waals surface area contributed by atoms with Crippen LogP contribution in [0.25, 0.3) is 0 Å². The van der Waals surface area contributed by atoms with Crippen LogP contribution in [0.4, 0.5) is 0 Å². The van der Waals surface area contributed by atoms with Crippen molar-refractivity contribution in [1.82, 2.24) is 4.90 Å². The normalized spacial score (nSPS) is 16.9. The summed E-state index contributed by atoms with van der Waals surface area (Å²) in [6.07, 6.45) is 0. The van der Waals surface area contributed by atoms with Crippen molar-refractivity contribution in [2.24, 2.45) is 5.73 Å². The molecule has 14 heavy (non-hydrogen) atoms. The van der Waals surface area contributed by atoms with E-state index in [-0.39, 0.29) is 11.9 Å². The molecule has 0 aromatic carbocycles. The Hall–Kier alpha value is -0.870. The van der Waals surface area contributed by atoms with Gasteiger partial charge in [-0.1, -0.05) is 0 Å². The molecule has 0 radical (unpaired) electrons. The minimum atomic E-state index is 0.133. The van der Waals surface area contributed by atoms with Gasteiger partial charge in [-0.3, -0.25) is 4.79 Å². The van der Waals surface area contributed by atoms with E-state index in [9.17, 15) is 4.79 Å². The molecule has 2 rings (SSSR count). The number of aryl methyl sites for hydroxylation is 1. The number of nitrogens with zero attached hydrogens (tertiary/aromatic N) is 1. The van der Waals surface area contributed by atoms with Crippen LogP contribution >= 0.6 is 11.3 Å². The van der Waals surface area contributed by atoms with Crippen molar-refractivity contribution >= 4 is 17.2 Å². The number of amides is 1. The maximum Gasteiger partial charge on any atom is 0.255 e. The first kappa shape index (κ1) is 9.68. The smallest absolute Gasteiger partial charge is 0.255 e. The molecule has 1 aliphatic rings. The van der Waals surface area contributed by atoms with Gasteiger partial charge in [-0.25, -0.2) is 0 Å². The molecule has 0 saturated carbocycles. The monoisotopic (exact) mass is 210 g/mol. The van der Waals surface area contributed by atoms with Gasteiger partial charge in [0.2, 0.25) is 0 Å². The Balaban J connectivity index is 2.16. The van der Waals surface area contributed by atoms with Gasteiger partial charge >= 0.3 is 0 Å². The fraction of sp³-hybridized carbons (Fsp3) is 0.500. The molecule has 4 heteroatoms. The average molecular weight is 210 g/mol. The van der Waals surface area contributed by atoms with E-state index < -0.39 is 0 Å². The van der Waals surface area contributed by atoms with Gasteiger partial charge in [0.05, 0.1) is 5.56 Å². The standard InChI is InChI=1S/C10H14N2OS/c1-6-7(2)14-5-9(6)10(13)12-3-8(11)4-12/h5,8H,3-4,11H2,1-2H3. The van der Waals surface area contributed by atoms with Crippen molar-refractivity contribution in [3.8, 4) is 0 Å². The second-order valence-electron chi connectivity index (χ2n) is 3.80. The van der Waals surface area contributed by atoms with Crippen LogP contribution < -0.4 is 5.73 Å². The van der Waals surface area contributed by atoms with Crippen LogP contribution in [0.1, 0.15) is 20.8 Å². The van der Waals surface area contributed by atoms with E-state index in [0.29, 0.717) is 13.1 Å². The van der Waals surface area contributed by atoms with Crippen molar-refractivity contribution < 1.29 is 4.79 Å². The Labute approximate surface area is 87.5 Å². The largest absolute Gasteiger partial charge is 0.335 e. The van der Waals surface area contributed by atoms with E-state index in [0.717, 1.165) is 11.1 Å². The third-order valence-corrected chi connectivity index (χ3v) is 3.73. The van der Waals surface area contributed by atoms with Gasteiger partial charge in [0.1, 0.15) is 0 Å². The summed E-state index contributed by atoms with van der Waals surface area (Å²) in [5.74, 6) is 0.133. The molecule has 2 heterocycles. The summed E-state index contributed by atoms with van der Waals surface area (Å²) in [4.78, 5) is 14.9. The molecule has 1 saturated heterocycles. The van der Waals surface area contributed by atoms with Gasteiger partial charge in [-0.05, 0) is 19.4 Å². The quantitative estimate of drug-likeness (QED) is 0.755. The molecule has 1 aliphatic heterocycles. The van der Waals surface area contributed by atoms with E-state index in [1.54, 1.807) is 16.2 Å². The van der Waals surface area contributed by atoms with Gasteiger partial charge in [0.15, 0.2) is 0 Å². The molecule has 3 nitrogen and oxygen atoms in total. The first-order valence-electron chi connectivity index (χ1n) is 4.69. The lowest BCUT2D eigenvalue weighted by molar-refractivity contribution is 0.0608. The summed E-state index contributed by atoms with van der Waals surface area (Å²) >= 11 is 1.63. The Morgan fingerprint density at radius 3 is 2.64 bits per heavy atom. The van der Waals surface area contributed by atoms with Crippen molar-refractivity contribution in [3.05, 3.63) is 21.4 Å². The lowest BCUT2D eigenvalue weighted by atomic mass is 10.1. The van der Waals surface area contributed by atoms with Crippen LogP contribution in [-0.4, -0.2) is 29.9 Å². The molecule has 1 aromatic rings. The first-order chi connectivity index (χ1) is 6.59. The Morgan fingerprint density at radius 1 is 1.57 bits per heavy atom. The maximum atomic E-state index is 11.9. The number of likely N-dealkylation sites (tertiary alicyclic amines) is 1. The fourth-order valence-electron chi connectivity index (χ4n) is 1.57. The SMILES string of the molecule is Cc1scc(C(=O)N2CC(N)C2)c1C. The van der Waals surface area contributed by atoms with Crippen LogP contribution in [0.5, 0.6) is 0 Å². The average Bonchev–Trinajstić information content (AvgIpc) is 2.42. The minimum absolute atomic E-state index is 0.133. The van der Waals surface area contributed by atoms with Gasteiger partial charge in [-0.15, -0.1) is 11.3 Å². The lowest BCUT2D eigenvalue weighted by Gasteiger charge is -2.36. The Kier molecular flexibility index (Phi) is 2.33. The molecule has 0 bridgehead atoms. The molecular formula is C10H14N2OS. The van der Waals surface area contributed by atoms with E-state index in [2.05, 4.69) is 0 Å². The summed E-state index contributed by atoms with van der Waals surface area (Å²) in [7, 11) is 0. The summed E-state index contributed by atoms with van der Waals surface area (Å²) < 4.78 is 0. The summed E-state index contributed by atoms with van der Waals surface area (Å²) in [6.45, 7) is 5.44. The highest BCUT2D eigenvalue weighted by atomic mass is 32.1. The van der Waals surface area contributed by atoms with E-state index in [4.69, 9.17) is 5.73 Å². The summed E-state index contributed by atoms with van der Waals surface area (Å²) in [5.41, 5.74) is 7.59. The molecule has 0 aliphatic carbocycles. The van der Waals surface area contributed by atoms with E-state index >= 15 is 0 Å². The molecule has 1 amide bonds. The number of thiophene rings is 1. The number of rotatable bonds is 1. The van der Waals surface area contributed by atoms with Crippen molar-refractivity contribution in [3.63, 3.8) is 0 Å². The summed E-state index contributed by atoms with van der Waals surface area (Å²) in [5, 5.41) is 1.94. The van der Waals surface area contributed by atoms with Gasteiger partial charge < -0.3 is 10.6 Å². The van der Waals surface area contributed by atoms with Gasteiger partial charge in [-0.2, -0.15) is 0 Å². The second-order valence-corrected chi connectivity index (χ2v) is 4.88. The van der Waals surface area contributed by atoms with Crippen molar-refractivity contribution in [1.29, 1.82) is 0 Å². The molecule has 0 atom stereocenters. The van der Waals surface area contributed by atoms with Crippen LogP contribution in [-0.2, 0) is 0 Å². The molecule has 2 N–H and O–H groups in total. The minimum Gasteiger partial charge on any atom is -0.335 e. The number of hydrogen-bond donors (Lipinski definition) is 1. The predicted molar refractivity (Wildman–Crippen MR) is 57.7 cm³/mol. The third kappa shape index (κ3) is 1.44. The zero-order valence-electron chi connectivity index (χ0n) is 8.41. The number of nitrogens with two attached hydrogens (primary N) is 1. The molecule has 0 spiro atoms. The molecule has 1 fully saturated rings.